The molecule has 1 saturated carbocycles. The average Bonchev–Trinajstić information content (AvgIpc) is 2.27. The van der Waals surface area contributed by atoms with E-state index < -0.39 is 0 Å². The highest BCUT2D eigenvalue weighted by Crippen LogP contribution is 2.30. The van der Waals surface area contributed by atoms with Gasteiger partial charge in [0.2, 0.25) is 5.95 Å². The second-order valence-electron chi connectivity index (χ2n) is 5.29. The van der Waals surface area contributed by atoms with E-state index in [1.807, 2.05) is 0 Å². The minimum atomic E-state index is 0.219. The first-order valence-corrected chi connectivity index (χ1v) is 7.05. The third-order valence-electron chi connectivity index (χ3n) is 3.62. The van der Waals surface area contributed by atoms with Crippen LogP contribution in [0.15, 0.2) is 6.07 Å². The molecule has 2 unspecified atom stereocenters. The molecule has 0 aliphatic heterocycles. The van der Waals surface area contributed by atoms with Gasteiger partial charge in [-0.15, -0.1) is 0 Å². The van der Waals surface area contributed by atoms with Crippen molar-refractivity contribution >= 4 is 23.4 Å². The molecule has 1 aromatic rings. The van der Waals surface area contributed by atoms with Crippen molar-refractivity contribution in [2.45, 2.75) is 39.0 Å². The van der Waals surface area contributed by atoms with Crippen molar-refractivity contribution in [3.63, 3.8) is 0 Å². The van der Waals surface area contributed by atoms with Gasteiger partial charge in [-0.2, -0.15) is 4.98 Å². The standard InChI is InChI=1S/C13H21ClN4/c1-9-3-2-4-10(7-9)5-6-16-12-8-11(14)17-13(15)18-12/h8-10H,2-7H2,1H3,(H3,15,16,17,18). The summed E-state index contributed by atoms with van der Waals surface area (Å²) in [4.78, 5) is 7.94. The average molecular weight is 269 g/mol. The van der Waals surface area contributed by atoms with Crippen LogP contribution in [0, 0.1) is 11.8 Å². The fourth-order valence-electron chi connectivity index (χ4n) is 2.75. The number of aromatic nitrogens is 2. The van der Waals surface area contributed by atoms with Crippen molar-refractivity contribution in [1.82, 2.24) is 9.97 Å². The van der Waals surface area contributed by atoms with Gasteiger partial charge in [-0.25, -0.2) is 4.98 Å². The van der Waals surface area contributed by atoms with E-state index in [0.717, 1.165) is 24.2 Å². The first-order chi connectivity index (χ1) is 8.63. The first-order valence-electron chi connectivity index (χ1n) is 6.67. The maximum atomic E-state index is 5.83. The molecule has 0 radical (unpaired) electrons. The minimum absolute atomic E-state index is 0.219. The van der Waals surface area contributed by atoms with Crippen LogP contribution in [-0.2, 0) is 0 Å². The lowest BCUT2D eigenvalue weighted by Crippen LogP contribution is -2.17. The lowest BCUT2D eigenvalue weighted by molar-refractivity contribution is 0.274. The molecule has 4 nitrogen and oxygen atoms in total. The summed E-state index contributed by atoms with van der Waals surface area (Å²) in [5, 5.41) is 3.66. The van der Waals surface area contributed by atoms with E-state index in [-0.39, 0.29) is 5.95 Å². The predicted molar refractivity (Wildman–Crippen MR) is 75.7 cm³/mol. The van der Waals surface area contributed by atoms with Crippen LogP contribution >= 0.6 is 11.6 Å². The summed E-state index contributed by atoms with van der Waals surface area (Å²) in [6.07, 6.45) is 6.67. The van der Waals surface area contributed by atoms with Crippen molar-refractivity contribution in [1.29, 1.82) is 0 Å². The second kappa shape index (κ2) is 6.23. The largest absolute Gasteiger partial charge is 0.370 e. The Morgan fingerprint density at radius 3 is 3.00 bits per heavy atom. The molecule has 100 valence electrons. The second-order valence-corrected chi connectivity index (χ2v) is 5.67. The maximum Gasteiger partial charge on any atom is 0.223 e. The predicted octanol–water partition coefficient (Wildman–Crippen LogP) is 3.34. The Labute approximate surface area is 113 Å². The normalized spacial score (nSPS) is 23.9. The summed E-state index contributed by atoms with van der Waals surface area (Å²) >= 11 is 5.83. The van der Waals surface area contributed by atoms with Crippen molar-refractivity contribution in [2.24, 2.45) is 11.8 Å². The SMILES string of the molecule is CC1CCCC(CCNc2cc(Cl)nc(N)n2)C1. The number of nitrogen functional groups attached to an aromatic ring is 1. The smallest absolute Gasteiger partial charge is 0.223 e. The molecule has 0 aromatic carbocycles. The van der Waals surface area contributed by atoms with Gasteiger partial charge >= 0.3 is 0 Å². The summed E-state index contributed by atoms with van der Waals surface area (Å²) in [7, 11) is 0. The first kappa shape index (κ1) is 13.4. The number of hydrogen-bond acceptors (Lipinski definition) is 4. The van der Waals surface area contributed by atoms with Crippen LogP contribution in [0.4, 0.5) is 11.8 Å². The highest BCUT2D eigenvalue weighted by Gasteiger charge is 2.18. The summed E-state index contributed by atoms with van der Waals surface area (Å²) in [5.74, 6) is 2.66. The van der Waals surface area contributed by atoms with E-state index >= 15 is 0 Å². The lowest BCUT2D eigenvalue weighted by atomic mass is 9.81. The fraction of sp³-hybridized carbons (Fsp3) is 0.692. The molecule has 2 atom stereocenters. The van der Waals surface area contributed by atoms with Gasteiger partial charge in [0, 0.05) is 12.6 Å². The summed E-state index contributed by atoms with van der Waals surface area (Å²) in [6, 6.07) is 1.71. The fourth-order valence-corrected chi connectivity index (χ4v) is 2.94. The molecule has 1 fully saturated rings. The van der Waals surface area contributed by atoms with E-state index in [1.165, 1.54) is 32.1 Å². The van der Waals surface area contributed by atoms with Gasteiger partial charge in [-0.1, -0.05) is 37.8 Å². The van der Waals surface area contributed by atoms with Crippen molar-refractivity contribution in [3.05, 3.63) is 11.2 Å². The Morgan fingerprint density at radius 1 is 1.44 bits per heavy atom. The summed E-state index contributed by atoms with van der Waals surface area (Å²) in [5.41, 5.74) is 5.55. The molecule has 5 heteroatoms. The Balaban J connectivity index is 1.77. The number of nitrogens with two attached hydrogens (primary N) is 1. The topological polar surface area (TPSA) is 63.8 Å². The molecule has 0 saturated heterocycles. The maximum absolute atomic E-state index is 5.83. The van der Waals surface area contributed by atoms with E-state index in [4.69, 9.17) is 17.3 Å². The molecule has 2 rings (SSSR count). The lowest BCUT2D eigenvalue weighted by Gasteiger charge is -2.26. The van der Waals surface area contributed by atoms with E-state index in [0.29, 0.717) is 5.15 Å². The summed E-state index contributed by atoms with van der Waals surface area (Å²) < 4.78 is 0. The van der Waals surface area contributed by atoms with Crippen LogP contribution in [0.1, 0.15) is 39.0 Å². The Hall–Kier alpha value is -1.03. The number of nitrogens with one attached hydrogen (secondary N) is 1. The molecule has 1 heterocycles. The molecule has 1 aromatic heterocycles. The van der Waals surface area contributed by atoms with Gasteiger partial charge in [0.25, 0.3) is 0 Å². The van der Waals surface area contributed by atoms with Gasteiger partial charge in [0.1, 0.15) is 11.0 Å². The molecular weight excluding hydrogens is 248 g/mol. The number of halogens is 1. The van der Waals surface area contributed by atoms with Crippen LogP contribution in [0.3, 0.4) is 0 Å². The van der Waals surface area contributed by atoms with Gasteiger partial charge in [0.15, 0.2) is 0 Å². The Bertz CT molecular complexity index is 376. The molecule has 18 heavy (non-hydrogen) atoms. The number of nitrogens with zero attached hydrogens (tertiary/aromatic N) is 2. The number of hydrogen-bond donors (Lipinski definition) is 2. The van der Waals surface area contributed by atoms with Gasteiger partial charge in [-0.05, 0) is 24.7 Å². The van der Waals surface area contributed by atoms with Gasteiger partial charge < -0.3 is 11.1 Å². The Morgan fingerprint density at radius 2 is 2.28 bits per heavy atom. The highest BCUT2D eigenvalue weighted by molar-refractivity contribution is 6.29. The molecule has 0 bridgehead atoms. The number of anilines is 2. The zero-order chi connectivity index (χ0) is 13.0. The Kier molecular flexibility index (Phi) is 4.64. The van der Waals surface area contributed by atoms with E-state index in [2.05, 4.69) is 22.2 Å². The summed E-state index contributed by atoms with van der Waals surface area (Å²) in [6.45, 7) is 3.27. The monoisotopic (exact) mass is 268 g/mol. The van der Waals surface area contributed by atoms with Crippen LogP contribution in [0.2, 0.25) is 5.15 Å². The quantitative estimate of drug-likeness (QED) is 0.822. The van der Waals surface area contributed by atoms with Crippen molar-refractivity contribution in [2.75, 3.05) is 17.6 Å². The third kappa shape index (κ3) is 4.02. The zero-order valence-corrected chi connectivity index (χ0v) is 11.6. The number of rotatable bonds is 4. The molecule has 0 spiro atoms. The van der Waals surface area contributed by atoms with Gasteiger partial charge in [-0.3, -0.25) is 0 Å². The minimum Gasteiger partial charge on any atom is -0.370 e. The highest BCUT2D eigenvalue weighted by atomic mass is 35.5. The molecule has 1 aliphatic rings. The van der Waals surface area contributed by atoms with E-state index in [1.54, 1.807) is 6.07 Å². The third-order valence-corrected chi connectivity index (χ3v) is 3.81. The van der Waals surface area contributed by atoms with Crippen LogP contribution < -0.4 is 11.1 Å². The molecule has 0 amide bonds. The van der Waals surface area contributed by atoms with Gasteiger partial charge in [0.05, 0.1) is 0 Å². The molecule has 1 aliphatic carbocycles. The van der Waals surface area contributed by atoms with Crippen molar-refractivity contribution < 1.29 is 0 Å². The van der Waals surface area contributed by atoms with Crippen LogP contribution in [0.25, 0.3) is 0 Å². The van der Waals surface area contributed by atoms with Crippen molar-refractivity contribution in [3.8, 4) is 0 Å². The van der Waals surface area contributed by atoms with Crippen LogP contribution in [-0.4, -0.2) is 16.5 Å². The zero-order valence-electron chi connectivity index (χ0n) is 10.8. The van der Waals surface area contributed by atoms with E-state index in [9.17, 15) is 0 Å². The molecule has 3 N–H and O–H groups in total. The van der Waals surface area contributed by atoms with Crippen LogP contribution in [0.5, 0.6) is 0 Å². The molecular formula is C13H21ClN4.